The monoisotopic (exact) mass is 225 g/mol. The van der Waals surface area contributed by atoms with Crippen molar-refractivity contribution in [3.05, 3.63) is 64.7 Å². The Kier molecular flexibility index (Phi) is 1.89. The van der Waals surface area contributed by atoms with Crippen molar-refractivity contribution in [2.75, 3.05) is 0 Å². The maximum absolute atomic E-state index is 12.2. The van der Waals surface area contributed by atoms with E-state index in [0.29, 0.717) is 11.1 Å². The second-order valence-corrected chi connectivity index (χ2v) is 3.90. The van der Waals surface area contributed by atoms with Crippen LogP contribution in [0, 0.1) is 0 Å². The number of hydrogen-bond donors (Lipinski definition) is 1. The molecule has 82 valence electrons. The van der Waals surface area contributed by atoms with Gasteiger partial charge in [-0.15, -0.1) is 0 Å². The first-order valence-corrected chi connectivity index (χ1v) is 5.20. The van der Waals surface area contributed by atoms with Crippen LogP contribution in [0.25, 0.3) is 0 Å². The van der Waals surface area contributed by atoms with Gasteiger partial charge in [0.05, 0.1) is 5.56 Å². The number of benzene rings is 2. The molecule has 0 saturated carbocycles. The van der Waals surface area contributed by atoms with Gasteiger partial charge in [-0.2, -0.15) is 0 Å². The smallest absolute Gasteiger partial charge is 0.507 e. The van der Waals surface area contributed by atoms with E-state index in [1.165, 1.54) is 6.07 Å². The number of phenolic OH excluding ortho intramolecular Hbond substituents is 1. The van der Waals surface area contributed by atoms with Crippen LogP contribution in [0.15, 0.2) is 42.5 Å². The third-order valence-corrected chi connectivity index (χ3v) is 2.93. The summed E-state index contributed by atoms with van der Waals surface area (Å²) >= 11 is 0. The van der Waals surface area contributed by atoms with Crippen LogP contribution in [0.2, 0.25) is 0 Å². The lowest BCUT2D eigenvalue weighted by molar-refractivity contribution is 0.0976. The Morgan fingerprint density at radius 1 is 0.765 bits per heavy atom. The number of carbonyl (C=O) groups is 2. The van der Waals surface area contributed by atoms with Crippen LogP contribution in [0.4, 0.5) is 0 Å². The van der Waals surface area contributed by atoms with Crippen molar-refractivity contribution in [3.63, 3.8) is 0 Å². The molecular formula is C14H9O3+. The lowest BCUT2D eigenvalue weighted by atomic mass is 9.84. The van der Waals surface area contributed by atoms with Gasteiger partial charge >= 0.3 is 1.43 Å². The number of hydrogen-bond acceptors (Lipinski definition) is 3. The predicted molar refractivity (Wildman–Crippen MR) is 62.5 cm³/mol. The number of aromatic hydroxyl groups is 1. The molecule has 0 radical (unpaired) electrons. The molecule has 1 aliphatic rings. The highest BCUT2D eigenvalue weighted by Gasteiger charge is 2.31. The molecule has 3 nitrogen and oxygen atoms in total. The molecule has 0 spiro atoms. The molecule has 0 saturated heterocycles. The highest BCUT2D eigenvalue weighted by molar-refractivity contribution is 6.29. The van der Waals surface area contributed by atoms with E-state index < -0.39 is 0 Å². The predicted octanol–water partition coefficient (Wildman–Crippen LogP) is 2.28. The van der Waals surface area contributed by atoms with Gasteiger partial charge in [0.2, 0.25) is 0 Å². The van der Waals surface area contributed by atoms with Crippen molar-refractivity contribution in [3.8, 4) is 5.75 Å². The SMILES string of the molecule is O=C1c2ccccc2C(=O)c2c(O)cccc21.[H+]. The van der Waals surface area contributed by atoms with Crippen LogP contribution in [0.1, 0.15) is 33.3 Å². The Balaban J connectivity index is 0.00000120. The van der Waals surface area contributed by atoms with E-state index in [-0.39, 0.29) is 29.9 Å². The van der Waals surface area contributed by atoms with Crippen molar-refractivity contribution in [2.24, 2.45) is 0 Å². The van der Waals surface area contributed by atoms with Gasteiger partial charge in [0.25, 0.3) is 0 Å². The van der Waals surface area contributed by atoms with Crippen molar-refractivity contribution in [2.45, 2.75) is 0 Å². The van der Waals surface area contributed by atoms with Gasteiger partial charge in [0.1, 0.15) is 5.75 Å². The van der Waals surface area contributed by atoms with Crippen LogP contribution < -0.4 is 0 Å². The quantitative estimate of drug-likeness (QED) is 0.638. The standard InChI is InChI=1S/C14H8O3/c15-11-7-3-6-10-12(11)14(17)9-5-2-1-4-8(9)13(10)16/h1-7,15H/p+1. The first-order valence-electron chi connectivity index (χ1n) is 5.20. The van der Waals surface area contributed by atoms with Gasteiger partial charge in [-0.3, -0.25) is 9.59 Å². The average Bonchev–Trinajstić information content (AvgIpc) is 2.36. The number of carbonyl (C=O) groups excluding carboxylic acids is 2. The first-order chi connectivity index (χ1) is 8.20. The van der Waals surface area contributed by atoms with Crippen molar-refractivity contribution in [1.29, 1.82) is 0 Å². The fraction of sp³-hybridized carbons (Fsp3) is 0. The lowest BCUT2D eigenvalue weighted by Crippen LogP contribution is -2.20. The summed E-state index contributed by atoms with van der Waals surface area (Å²) in [5.74, 6) is -0.658. The number of phenols is 1. The zero-order valence-electron chi connectivity index (χ0n) is 9.81. The molecule has 0 atom stereocenters. The van der Waals surface area contributed by atoms with Crippen molar-refractivity contribution in [1.82, 2.24) is 0 Å². The fourth-order valence-electron chi connectivity index (χ4n) is 2.13. The molecular weight excluding hydrogens is 216 g/mol. The van der Waals surface area contributed by atoms with Gasteiger partial charge in [-0.05, 0) is 6.07 Å². The number of fused-ring (bicyclic) bond motifs is 2. The summed E-state index contributed by atoms with van der Waals surface area (Å²) in [5, 5.41) is 9.70. The Morgan fingerprint density at radius 2 is 1.35 bits per heavy atom. The van der Waals surface area contributed by atoms with E-state index in [0.717, 1.165) is 0 Å². The summed E-state index contributed by atoms with van der Waals surface area (Å²) in [6.07, 6.45) is 0. The minimum atomic E-state index is -0.298. The molecule has 0 heterocycles. The Hall–Kier alpha value is -2.42. The molecule has 0 fully saturated rings. The molecule has 1 N–H and O–H groups in total. The largest absolute Gasteiger partial charge is 1.00 e. The zero-order valence-corrected chi connectivity index (χ0v) is 8.81. The van der Waals surface area contributed by atoms with E-state index in [1.54, 1.807) is 36.4 Å². The Labute approximate surface area is 98.8 Å². The third kappa shape index (κ3) is 1.22. The fourth-order valence-corrected chi connectivity index (χ4v) is 2.13. The number of ketones is 2. The lowest BCUT2D eigenvalue weighted by Gasteiger charge is -2.17. The second kappa shape index (κ2) is 3.28. The van der Waals surface area contributed by atoms with Gasteiger partial charge in [-0.25, -0.2) is 0 Å². The van der Waals surface area contributed by atoms with Crippen LogP contribution in [-0.4, -0.2) is 16.7 Å². The van der Waals surface area contributed by atoms with Gasteiger partial charge in [0, 0.05) is 16.7 Å². The summed E-state index contributed by atoms with van der Waals surface area (Å²) in [6.45, 7) is 0. The molecule has 0 aromatic heterocycles. The summed E-state index contributed by atoms with van der Waals surface area (Å²) in [4.78, 5) is 24.3. The van der Waals surface area contributed by atoms with E-state index >= 15 is 0 Å². The normalized spacial score (nSPS) is 13.2. The number of rotatable bonds is 0. The molecule has 0 aliphatic heterocycles. The first kappa shape index (κ1) is 9.78. The van der Waals surface area contributed by atoms with Crippen LogP contribution in [0.5, 0.6) is 5.75 Å². The van der Waals surface area contributed by atoms with E-state index in [2.05, 4.69) is 0 Å². The molecule has 0 unspecified atom stereocenters. The molecule has 1 aliphatic carbocycles. The van der Waals surface area contributed by atoms with Crippen molar-refractivity contribution < 1.29 is 16.1 Å². The Morgan fingerprint density at radius 3 is 2.06 bits per heavy atom. The molecule has 2 aromatic carbocycles. The van der Waals surface area contributed by atoms with Crippen molar-refractivity contribution >= 4 is 11.6 Å². The molecule has 2 aromatic rings. The van der Waals surface area contributed by atoms with E-state index in [4.69, 9.17) is 0 Å². The van der Waals surface area contributed by atoms with Crippen LogP contribution >= 0.6 is 0 Å². The van der Waals surface area contributed by atoms with Gasteiger partial charge in [-0.1, -0.05) is 36.4 Å². The Bertz CT molecular complexity index is 662. The summed E-state index contributed by atoms with van der Waals surface area (Å²) in [6, 6.07) is 11.2. The highest BCUT2D eigenvalue weighted by Crippen LogP contribution is 2.32. The van der Waals surface area contributed by atoms with Gasteiger partial charge < -0.3 is 5.11 Å². The third-order valence-electron chi connectivity index (χ3n) is 2.93. The summed E-state index contributed by atoms with van der Waals surface area (Å²) in [5.41, 5.74) is 1.13. The summed E-state index contributed by atoms with van der Waals surface area (Å²) in [7, 11) is 0. The summed E-state index contributed by atoms with van der Waals surface area (Å²) < 4.78 is 0. The molecule has 0 amide bonds. The maximum atomic E-state index is 12.2. The topological polar surface area (TPSA) is 54.4 Å². The minimum absolute atomic E-state index is 0. The highest BCUT2D eigenvalue weighted by atomic mass is 16.3. The molecule has 0 bridgehead atoms. The van der Waals surface area contributed by atoms with Crippen LogP contribution in [0.3, 0.4) is 0 Å². The second-order valence-electron chi connectivity index (χ2n) is 3.90. The zero-order chi connectivity index (χ0) is 12.0. The average molecular weight is 225 g/mol. The molecule has 3 rings (SSSR count). The maximum Gasteiger partial charge on any atom is 1.00 e. The van der Waals surface area contributed by atoms with E-state index in [9.17, 15) is 14.7 Å². The van der Waals surface area contributed by atoms with Gasteiger partial charge in [0.15, 0.2) is 11.6 Å². The molecule has 17 heavy (non-hydrogen) atoms. The molecule has 3 heteroatoms. The minimum Gasteiger partial charge on any atom is -0.507 e. The van der Waals surface area contributed by atoms with Crippen LogP contribution in [-0.2, 0) is 0 Å². The van der Waals surface area contributed by atoms with E-state index in [1.807, 2.05) is 0 Å².